The highest BCUT2D eigenvalue weighted by Gasteiger charge is 2.16. The van der Waals surface area contributed by atoms with Crippen LogP contribution in [0, 0.1) is 18.3 Å². The van der Waals surface area contributed by atoms with E-state index < -0.39 is 0 Å². The minimum absolute atomic E-state index is 0.0596. The molecule has 0 unspecified atom stereocenters. The van der Waals surface area contributed by atoms with Gasteiger partial charge in [-0.15, -0.1) is 0 Å². The highest BCUT2D eigenvalue weighted by atomic mass is 14.6. The van der Waals surface area contributed by atoms with Crippen molar-refractivity contribution in [2.45, 2.75) is 33.1 Å². The van der Waals surface area contributed by atoms with Gasteiger partial charge in [-0.3, -0.25) is 0 Å². The number of aryl methyl sites for hydroxylation is 1. The van der Waals surface area contributed by atoms with Crippen LogP contribution >= 0.6 is 0 Å². The lowest BCUT2D eigenvalue weighted by molar-refractivity contribution is 0.589. The average molecular weight is 188 g/mol. The van der Waals surface area contributed by atoms with Crippen molar-refractivity contribution in [3.8, 4) is 6.07 Å². The number of nitrogens with two attached hydrogens (primary N) is 1. The third-order valence-electron chi connectivity index (χ3n) is 2.37. The van der Waals surface area contributed by atoms with Crippen LogP contribution in [0.4, 0.5) is 5.69 Å². The van der Waals surface area contributed by atoms with Crippen molar-refractivity contribution in [2.24, 2.45) is 0 Å². The molecular formula is C12H16N2. The van der Waals surface area contributed by atoms with E-state index in [1.807, 2.05) is 13.0 Å². The van der Waals surface area contributed by atoms with E-state index in [4.69, 9.17) is 11.0 Å². The molecular weight excluding hydrogens is 172 g/mol. The summed E-state index contributed by atoms with van der Waals surface area (Å²) in [4.78, 5) is 0. The van der Waals surface area contributed by atoms with E-state index in [0.29, 0.717) is 11.3 Å². The Morgan fingerprint density at radius 1 is 1.29 bits per heavy atom. The van der Waals surface area contributed by atoms with Gasteiger partial charge in [0, 0.05) is 0 Å². The van der Waals surface area contributed by atoms with Gasteiger partial charge >= 0.3 is 0 Å². The fourth-order valence-electron chi connectivity index (χ4n) is 1.32. The Labute approximate surface area is 85.4 Å². The summed E-state index contributed by atoms with van der Waals surface area (Å²) in [7, 11) is 0. The summed E-state index contributed by atoms with van der Waals surface area (Å²) >= 11 is 0. The van der Waals surface area contributed by atoms with Crippen molar-refractivity contribution < 1.29 is 0 Å². The highest BCUT2D eigenvalue weighted by Crippen LogP contribution is 2.27. The molecule has 1 aromatic rings. The fraction of sp³-hybridized carbons (Fsp3) is 0.417. The molecule has 0 atom stereocenters. The molecule has 0 radical (unpaired) electrons. The van der Waals surface area contributed by atoms with E-state index in [2.05, 4.69) is 32.9 Å². The Balaban J connectivity index is 3.40. The number of nitrogen functional groups attached to an aromatic ring is 1. The number of nitriles is 1. The van der Waals surface area contributed by atoms with Crippen LogP contribution in [-0.2, 0) is 5.41 Å². The molecule has 0 aliphatic rings. The van der Waals surface area contributed by atoms with Crippen LogP contribution < -0.4 is 5.73 Å². The van der Waals surface area contributed by atoms with Crippen molar-refractivity contribution in [3.63, 3.8) is 0 Å². The van der Waals surface area contributed by atoms with Gasteiger partial charge in [-0.2, -0.15) is 5.26 Å². The maximum atomic E-state index is 8.90. The third kappa shape index (κ3) is 1.88. The van der Waals surface area contributed by atoms with Gasteiger partial charge in [0.25, 0.3) is 0 Å². The largest absolute Gasteiger partial charge is 0.397 e. The lowest BCUT2D eigenvalue weighted by Gasteiger charge is -2.20. The van der Waals surface area contributed by atoms with Crippen LogP contribution in [0.3, 0.4) is 0 Å². The highest BCUT2D eigenvalue weighted by molar-refractivity contribution is 5.61. The van der Waals surface area contributed by atoms with Crippen molar-refractivity contribution in [1.29, 1.82) is 5.26 Å². The lowest BCUT2D eigenvalue weighted by Crippen LogP contribution is -2.12. The second kappa shape index (κ2) is 3.34. The van der Waals surface area contributed by atoms with Gasteiger partial charge in [-0.1, -0.05) is 26.8 Å². The smallest absolute Gasteiger partial charge is 0.101 e. The van der Waals surface area contributed by atoms with Gasteiger partial charge < -0.3 is 5.73 Å². The zero-order chi connectivity index (χ0) is 10.9. The first-order valence-electron chi connectivity index (χ1n) is 4.67. The Kier molecular flexibility index (Phi) is 2.53. The van der Waals surface area contributed by atoms with Crippen molar-refractivity contribution in [2.75, 3.05) is 5.73 Å². The van der Waals surface area contributed by atoms with Crippen LogP contribution in [-0.4, -0.2) is 0 Å². The molecule has 0 saturated carbocycles. The number of benzene rings is 1. The van der Waals surface area contributed by atoms with Gasteiger partial charge in [0.15, 0.2) is 0 Å². The van der Waals surface area contributed by atoms with Crippen molar-refractivity contribution in [3.05, 3.63) is 28.8 Å². The predicted octanol–water partition coefficient (Wildman–Crippen LogP) is 2.75. The number of hydrogen-bond donors (Lipinski definition) is 1. The SMILES string of the molecule is Cc1cc(C(C)(C)C)cc(C#N)c1N. The van der Waals surface area contributed by atoms with E-state index in [1.165, 1.54) is 0 Å². The number of anilines is 1. The zero-order valence-electron chi connectivity index (χ0n) is 9.18. The van der Waals surface area contributed by atoms with Crippen LogP contribution in [0.15, 0.2) is 12.1 Å². The Morgan fingerprint density at radius 2 is 1.86 bits per heavy atom. The summed E-state index contributed by atoms with van der Waals surface area (Å²) < 4.78 is 0. The Morgan fingerprint density at radius 3 is 2.29 bits per heavy atom. The molecule has 14 heavy (non-hydrogen) atoms. The molecule has 0 aliphatic heterocycles. The van der Waals surface area contributed by atoms with Gasteiger partial charge in [0.2, 0.25) is 0 Å². The van der Waals surface area contributed by atoms with E-state index in [1.54, 1.807) is 0 Å². The Hall–Kier alpha value is -1.49. The summed E-state index contributed by atoms with van der Waals surface area (Å²) in [5.41, 5.74) is 9.15. The van der Waals surface area contributed by atoms with Gasteiger partial charge in [-0.05, 0) is 29.5 Å². The van der Waals surface area contributed by atoms with Gasteiger partial charge in [0.05, 0.1) is 11.3 Å². The maximum Gasteiger partial charge on any atom is 0.101 e. The van der Waals surface area contributed by atoms with E-state index in [9.17, 15) is 0 Å². The molecule has 0 aromatic heterocycles. The summed E-state index contributed by atoms with van der Waals surface area (Å²) in [6, 6.07) is 6.05. The second-order valence-corrected chi connectivity index (χ2v) is 4.62. The quantitative estimate of drug-likeness (QED) is 0.636. The number of hydrogen-bond acceptors (Lipinski definition) is 2. The van der Waals surface area contributed by atoms with Crippen LogP contribution in [0.25, 0.3) is 0 Å². The first-order chi connectivity index (χ1) is 6.36. The molecule has 0 aliphatic carbocycles. The van der Waals surface area contributed by atoms with E-state index in [-0.39, 0.29) is 5.41 Å². The van der Waals surface area contributed by atoms with Crippen LogP contribution in [0.2, 0.25) is 0 Å². The first kappa shape index (κ1) is 10.6. The topological polar surface area (TPSA) is 49.8 Å². The number of nitrogens with zero attached hydrogens (tertiary/aromatic N) is 1. The fourth-order valence-corrected chi connectivity index (χ4v) is 1.32. The zero-order valence-corrected chi connectivity index (χ0v) is 9.18. The minimum atomic E-state index is 0.0596. The molecule has 2 N–H and O–H groups in total. The molecule has 1 aromatic carbocycles. The van der Waals surface area contributed by atoms with Gasteiger partial charge in [0.1, 0.15) is 6.07 Å². The lowest BCUT2D eigenvalue weighted by atomic mass is 9.85. The molecule has 0 fully saturated rings. The van der Waals surface area contributed by atoms with Gasteiger partial charge in [-0.25, -0.2) is 0 Å². The molecule has 0 spiro atoms. The molecule has 0 heterocycles. The van der Waals surface area contributed by atoms with Crippen LogP contribution in [0.1, 0.15) is 37.5 Å². The summed E-state index contributed by atoms with van der Waals surface area (Å²) in [6.45, 7) is 8.31. The van der Waals surface area contributed by atoms with Crippen molar-refractivity contribution >= 4 is 5.69 Å². The molecule has 74 valence electrons. The average Bonchev–Trinajstić information content (AvgIpc) is 2.07. The minimum Gasteiger partial charge on any atom is -0.397 e. The number of rotatable bonds is 0. The van der Waals surface area contributed by atoms with Crippen LogP contribution in [0.5, 0.6) is 0 Å². The second-order valence-electron chi connectivity index (χ2n) is 4.62. The summed E-state index contributed by atoms with van der Waals surface area (Å²) in [5, 5.41) is 8.90. The molecule has 0 saturated heterocycles. The predicted molar refractivity (Wildman–Crippen MR) is 59.0 cm³/mol. The normalized spacial score (nSPS) is 11.1. The molecule has 0 amide bonds. The molecule has 1 rings (SSSR count). The summed E-state index contributed by atoms with van der Waals surface area (Å²) in [5.74, 6) is 0. The Bertz CT molecular complexity index is 392. The standard InChI is InChI=1S/C12H16N2/c1-8-5-10(12(2,3)4)6-9(7-13)11(8)14/h5-6H,14H2,1-4H3. The van der Waals surface area contributed by atoms with Crippen molar-refractivity contribution in [1.82, 2.24) is 0 Å². The molecule has 2 heteroatoms. The molecule has 2 nitrogen and oxygen atoms in total. The summed E-state index contributed by atoms with van der Waals surface area (Å²) in [6.07, 6.45) is 0. The third-order valence-corrected chi connectivity index (χ3v) is 2.37. The molecule has 0 bridgehead atoms. The first-order valence-corrected chi connectivity index (χ1v) is 4.67. The maximum absolute atomic E-state index is 8.90. The van der Waals surface area contributed by atoms with E-state index >= 15 is 0 Å². The van der Waals surface area contributed by atoms with E-state index in [0.717, 1.165) is 11.1 Å². The monoisotopic (exact) mass is 188 g/mol.